The van der Waals surface area contributed by atoms with Crippen LogP contribution in [0.25, 0.3) is 0 Å². The smallest absolute Gasteiger partial charge is 0.225 e. The summed E-state index contributed by atoms with van der Waals surface area (Å²) in [5, 5.41) is 0. The number of carbonyl (C=O) groups excluding carboxylic acids is 1. The van der Waals surface area contributed by atoms with Gasteiger partial charge in [-0.15, -0.1) is 0 Å². The highest BCUT2D eigenvalue weighted by Gasteiger charge is 2.25. The Labute approximate surface area is 90.9 Å². The molecule has 0 bridgehead atoms. The lowest BCUT2D eigenvalue weighted by atomic mass is 9.91. The zero-order chi connectivity index (χ0) is 10.7. The summed E-state index contributed by atoms with van der Waals surface area (Å²) in [5.74, 6) is 0.510. The average molecular weight is 203 g/mol. The molecule has 1 aliphatic heterocycles. The van der Waals surface area contributed by atoms with E-state index in [1.54, 1.807) is 0 Å². The molecule has 0 radical (unpaired) electrons. The Kier molecular flexibility index (Phi) is 3.05. The van der Waals surface area contributed by atoms with Crippen LogP contribution in [0.4, 0.5) is 0 Å². The molecule has 1 fully saturated rings. The van der Waals surface area contributed by atoms with Gasteiger partial charge in [-0.2, -0.15) is 0 Å². The normalized spacial score (nSPS) is 21.8. The molecular weight excluding hydrogens is 186 g/mol. The SMILES string of the molecule is CN1CCC[C@H](Cc2ccccc2)C1=O. The van der Waals surface area contributed by atoms with Gasteiger partial charge in [-0.05, 0) is 24.8 Å². The van der Waals surface area contributed by atoms with E-state index in [2.05, 4.69) is 12.1 Å². The summed E-state index contributed by atoms with van der Waals surface area (Å²) in [4.78, 5) is 13.7. The van der Waals surface area contributed by atoms with E-state index in [1.807, 2.05) is 30.1 Å². The van der Waals surface area contributed by atoms with Crippen molar-refractivity contribution < 1.29 is 4.79 Å². The van der Waals surface area contributed by atoms with E-state index in [4.69, 9.17) is 0 Å². The third kappa shape index (κ3) is 2.38. The Bertz CT molecular complexity index is 334. The second-order valence-corrected chi connectivity index (χ2v) is 4.29. The van der Waals surface area contributed by atoms with E-state index in [1.165, 1.54) is 5.56 Å². The second kappa shape index (κ2) is 4.47. The molecular formula is C13H17NO. The van der Waals surface area contributed by atoms with E-state index in [9.17, 15) is 4.79 Å². The lowest BCUT2D eigenvalue weighted by molar-refractivity contribution is -0.136. The van der Waals surface area contributed by atoms with Gasteiger partial charge in [0, 0.05) is 19.5 Å². The fraction of sp³-hybridized carbons (Fsp3) is 0.462. The van der Waals surface area contributed by atoms with Crippen LogP contribution in [0.1, 0.15) is 18.4 Å². The van der Waals surface area contributed by atoms with Crippen molar-refractivity contribution in [3.05, 3.63) is 35.9 Å². The fourth-order valence-corrected chi connectivity index (χ4v) is 2.21. The van der Waals surface area contributed by atoms with Crippen LogP contribution in [0, 0.1) is 5.92 Å². The van der Waals surface area contributed by atoms with Gasteiger partial charge in [0.1, 0.15) is 0 Å². The van der Waals surface area contributed by atoms with Crippen LogP contribution in [0.15, 0.2) is 30.3 Å². The molecule has 1 aromatic rings. The number of rotatable bonds is 2. The molecule has 1 amide bonds. The first-order valence-corrected chi connectivity index (χ1v) is 5.56. The van der Waals surface area contributed by atoms with E-state index in [-0.39, 0.29) is 5.92 Å². The van der Waals surface area contributed by atoms with Crippen LogP contribution in [-0.4, -0.2) is 24.4 Å². The quantitative estimate of drug-likeness (QED) is 0.720. The number of nitrogens with zero attached hydrogens (tertiary/aromatic N) is 1. The van der Waals surface area contributed by atoms with Gasteiger partial charge in [0.15, 0.2) is 0 Å². The van der Waals surface area contributed by atoms with Gasteiger partial charge in [0.2, 0.25) is 5.91 Å². The Balaban J connectivity index is 2.03. The van der Waals surface area contributed by atoms with Crippen molar-refractivity contribution in [3.63, 3.8) is 0 Å². The molecule has 1 aliphatic rings. The zero-order valence-corrected chi connectivity index (χ0v) is 9.15. The maximum absolute atomic E-state index is 11.9. The predicted octanol–water partition coefficient (Wildman–Crippen LogP) is 2.10. The third-order valence-electron chi connectivity index (χ3n) is 3.10. The van der Waals surface area contributed by atoms with Crippen LogP contribution < -0.4 is 0 Å². The minimum Gasteiger partial charge on any atom is -0.346 e. The molecule has 2 rings (SSSR count). The summed E-state index contributed by atoms with van der Waals surface area (Å²) in [5.41, 5.74) is 1.27. The number of carbonyl (C=O) groups is 1. The van der Waals surface area contributed by atoms with Crippen LogP contribution in [0.2, 0.25) is 0 Å². The summed E-state index contributed by atoms with van der Waals surface area (Å²) in [6.45, 7) is 0.921. The summed E-state index contributed by atoms with van der Waals surface area (Å²) in [6.07, 6.45) is 3.07. The van der Waals surface area contributed by atoms with Crippen molar-refractivity contribution in [3.8, 4) is 0 Å². The van der Waals surface area contributed by atoms with E-state index >= 15 is 0 Å². The number of amides is 1. The first-order valence-electron chi connectivity index (χ1n) is 5.56. The number of likely N-dealkylation sites (tertiary alicyclic amines) is 1. The lowest BCUT2D eigenvalue weighted by Crippen LogP contribution is -2.39. The van der Waals surface area contributed by atoms with E-state index in [0.717, 1.165) is 25.8 Å². The van der Waals surface area contributed by atoms with Crippen molar-refractivity contribution in [2.45, 2.75) is 19.3 Å². The summed E-state index contributed by atoms with van der Waals surface area (Å²) < 4.78 is 0. The van der Waals surface area contributed by atoms with Crippen molar-refractivity contribution >= 4 is 5.91 Å². The molecule has 0 aromatic heterocycles. The molecule has 1 heterocycles. The molecule has 0 aliphatic carbocycles. The largest absolute Gasteiger partial charge is 0.346 e. The summed E-state index contributed by atoms with van der Waals surface area (Å²) in [6, 6.07) is 10.3. The molecule has 1 atom stereocenters. The molecule has 0 spiro atoms. The van der Waals surface area contributed by atoms with E-state index in [0.29, 0.717) is 5.91 Å². The van der Waals surface area contributed by atoms with Crippen molar-refractivity contribution in [1.82, 2.24) is 4.90 Å². The summed E-state index contributed by atoms with van der Waals surface area (Å²) >= 11 is 0. The predicted molar refractivity (Wildman–Crippen MR) is 60.5 cm³/mol. The third-order valence-corrected chi connectivity index (χ3v) is 3.10. The van der Waals surface area contributed by atoms with Gasteiger partial charge < -0.3 is 4.90 Å². The van der Waals surface area contributed by atoms with Crippen LogP contribution in [-0.2, 0) is 11.2 Å². The first kappa shape index (κ1) is 10.2. The van der Waals surface area contributed by atoms with Gasteiger partial charge >= 0.3 is 0 Å². The highest BCUT2D eigenvalue weighted by atomic mass is 16.2. The minimum absolute atomic E-state index is 0.200. The van der Waals surface area contributed by atoms with Crippen LogP contribution in [0.5, 0.6) is 0 Å². The molecule has 2 nitrogen and oxygen atoms in total. The first-order chi connectivity index (χ1) is 7.27. The number of benzene rings is 1. The molecule has 2 heteroatoms. The Morgan fingerprint density at radius 1 is 1.33 bits per heavy atom. The Morgan fingerprint density at radius 3 is 2.80 bits per heavy atom. The van der Waals surface area contributed by atoms with Gasteiger partial charge in [0.25, 0.3) is 0 Å². The molecule has 0 saturated carbocycles. The number of hydrogen-bond donors (Lipinski definition) is 0. The van der Waals surface area contributed by atoms with Gasteiger partial charge in [-0.25, -0.2) is 0 Å². The van der Waals surface area contributed by atoms with Crippen molar-refractivity contribution in [2.24, 2.45) is 5.92 Å². The highest BCUT2D eigenvalue weighted by Crippen LogP contribution is 2.20. The van der Waals surface area contributed by atoms with Crippen molar-refractivity contribution in [2.75, 3.05) is 13.6 Å². The Morgan fingerprint density at radius 2 is 2.07 bits per heavy atom. The van der Waals surface area contributed by atoms with Gasteiger partial charge in [-0.3, -0.25) is 4.79 Å². The fourth-order valence-electron chi connectivity index (χ4n) is 2.21. The van der Waals surface area contributed by atoms with Gasteiger partial charge in [0.05, 0.1) is 0 Å². The standard InChI is InChI=1S/C13H17NO/c1-14-9-5-8-12(13(14)15)10-11-6-3-2-4-7-11/h2-4,6-7,12H,5,8-10H2,1H3/t12-/m1/s1. The van der Waals surface area contributed by atoms with Crippen LogP contribution in [0.3, 0.4) is 0 Å². The Hall–Kier alpha value is -1.31. The zero-order valence-electron chi connectivity index (χ0n) is 9.15. The molecule has 0 unspecified atom stereocenters. The number of hydrogen-bond acceptors (Lipinski definition) is 1. The number of piperidine rings is 1. The summed E-state index contributed by atoms with van der Waals surface area (Å²) in [7, 11) is 1.90. The highest BCUT2D eigenvalue weighted by molar-refractivity contribution is 5.79. The van der Waals surface area contributed by atoms with Gasteiger partial charge in [-0.1, -0.05) is 30.3 Å². The topological polar surface area (TPSA) is 20.3 Å². The van der Waals surface area contributed by atoms with E-state index < -0.39 is 0 Å². The molecule has 1 aromatic carbocycles. The van der Waals surface area contributed by atoms with Crippen LogP contribution >= 0.6 is 0 Å². The molecule has 1 saturated heterocycles. The maximum Gasteiger partial charge on any atom is 0.225 e. The average Bonchev–Trinajstić information content (AvgIpc) is 2.26. The minimum atomic E-state index is 0.200. The molecule has 15 heavy (non-hydrogen) atoms. The molecule has 0 N–H and O–H groups in total. The molecule has 80 valence electrons. The maximum atomic E-state index is 11.9. The second-order valence-electron chi connectivity index (χ2n) is 4.29. The monoisotopic (exact) mass is 203 g/mol. The van der Waals surface area contributed by atoms with Crippen molar-refractivity contribution in [1.29, 1.82) is 0 Å². The lowest BCUT2D eigenvalue weighted by Gasteiger charge is -2.29.